The maximum Gasteiger partial charge on any atom is 0.257 e. The monoisotopic (exact) mass is 249 g/mol. The van der Waals surface area contributed by atoms with Crippen LogP contribution in [0.5, 0.6) is 5.75 Å². The minimum absolute atomic E-state index is 0.0524. The number of likely N-dealkylation sites (tertiary alicyclic amines) is 1. The highest BCUT2D eigenvalue weighted by molar-refractivity contribution is 5.96. The van der Waals surface area contributed by atoms with Crippen molar-refractivity contribution in [3.05, 3.63) is 24.0 Å². The van der Waals surface area contributed by atoms with Gasteiger partial charge in [-0.05, 0) is 26.1 Å². The number of amides is 1. The first-order valence-electron chi connectivity index (χ1n) is 6.09. The second-order valence-electron chi connectivity index (χ2n) is 5.11. The Bertz CT molecular complexity index is 448. The summed E-state index contributed by atoms with van der Waals surface area (Å²) < 4.78 is 0. The first-order valence-corrected chi connectivity index (χ1v) is 6.09. The lowest BCUT2D eigenvalue weighted by atomic mass is 10.1. The number of likely N-dealkylation sites (N-methyl/N-ethyl adjacent to an activating group) is 1. The first-order chi connectivity index (χ1) is 8.50. The van der Waals surface area contributed by atoms with E-state index in [2.05, 4.69) is 16.8 Å². The summed E-state index contributed by atoms with van der Waals surface area (Å²) in [7, 11) is 4.05. The molecular formula is C13H19N3O2. The summed E-state index contributed by atoms with van der Waals surface area (Å²) in [6.45, 7) is 3.57. The number of carbonyl (C=O) groups is 1. The molecule has 98 valence electrons. The van der Waals surface area contributed by atoms with E-state index < -0.39 is 0 Å². The fourth-order valence-corrected chi connectivity index (χ4v) is 2.52. The molecule has 0 bridgehead atoms. The summed E-state index contributed by atoms with van der Waals surface area (Å²) in [5.41, 5.74) is 0.330. The van der Waals surface area contributed by atoms with Gasteiger partial charge in [-0.15, -0.1) is 0 Å². The van der Waals surface area contributed by atoms with Gasteiger partial charge in [0.05, 0.1) is 11.8 Å². The Morgan fingerprint density at radius 2 is 2.22 bits per heavy atom. The molecule has 5 heteroatoms. The molecule has 0 aliphatic carbocycles. The van der Waals surface area contributed by atoms with Gasteiger partial charge in [-0.1, -0.05) is 6.92 Å². The van der Waals surface area contributed by atoms with Crippen molar-refractivity contribution in [3.63, 3.8) is 0 Å². The minimum Gasteiger partial charge on any atom is -0.505 e. The molecule has 18 heavy (non-hydrogen) atoms. The van der Waals surface area contributed by atoms with Crippen LogP contribution in [0, 0.1) is 5.92 Å². The van der Waals surface area contributed by atoms with Gasteiger partial charge >= 0.3 is 0 Å². The van der Waals surface area contributed by atoms with Crippen molar-refractivity contribution in [1.82, 2.24) is 14.8 Å². The number of hydrogen-bond acceptors (Lipinski definition) is 4. The maximum atomic E-state index is 12.3. The van der Waals surface area contributed by atoms with Crippen molar-refractivity contribution >= 4 is 5.91 Å². The normalized spacial score (nSPS) is 23.7. The average Bonchev–Trinajstić information content (AvgIpc) is 2.71. The van der Waals surface area contributed by atoms with Gasteiger partial charge in [0.2, 0.25) is 0 Å². The topological polar surface area (TPSA) is 56.7 Å². The van der Waals surface area contributed by atoms with Crippen LogP contribution in [-0.4, -0.2) is 59.0 Å². The molecule has 1 aliphatic heterocycles. The van der Waals surface area contributed by atoms with Gasteiger partial charge in [-0.25, -0.2) is 0 Å². The molecular weight excluding hydrogens is 230 g/mol. The smallest absolute Gasteiger partial charge is 0.257 e. The molecule has 1 fully saturated rings. The minimum atomic E-state index is -0.119. The summed E-state index contributed by atoms with van der Waals surface area (Å²) in [4.78, 5) is 20.0. The number of aromatic hydroxyl groups is 1. The molecule has 1 aromatic heterocycles. The van der Waals surface area contributed by atoms with E-state index >= 15 is 0 Å². The van der Waals surface area contributed by atoms with Crippen LogP contribution in [0.15, 0.2) is 18.5 Å². The molecule has 1 N–H and O–H groups in total. The highest BCUT2D eigenvalue weighted by Crippen LogP contribution is 2.24. The first kappa shape index (κ1) is 12.8. The number of hydrogen-bond donors (Lipinski definition) is 1. The zero-order chi connectivity index (χ0) is 13.3. The van der Waals surface area contributed by atoms with Gasteiger partial charge in [0.1, 0.15) is 5.75 Å². The SMILES string of the molecule is CC1CN(C(=O)c2ccncc2O)CC1N(C)C. The van der Waals surface area contributed by atoms with Crippen LogP contribution in [0.2, 0.25) is 0 Å². The lowest BCUT2D eigenvalue weighted by molar-refractivity contribution is 0.0778. The van der Waals surface area contributed by atoms with Crippen LogP contribution >= 0.6 is 0 Å². The van der Waals surface area contributed by atoms with Gasteiger partial charge in [-0.2, -0.15) is 0 Å². The molecule has 2 heterocycles. The Morgan fingerprint density at radius 1 is 1.50 bits per heavy atom. The van der Waals surface area contributed by atoms with Crippen molar-refractivity contribution < 1.29 is 9.90 Å². The maximum absolute atomic E-state index is 12.3. The van der Waals surface area contributed by atoms with Crippen molar-refractivity contribution in [1.29, 1.82) is 0 Å². The van der Waals surface area contributed by atoms with E-state index in [1.54, 1.807) is 11.0 Å². The van der Waals surface area contributed by atoms with E-state index in [9.17, 15) is 9.90 Å². The molecule has 2 rings (SSSR count). The molecule has 0 radical (unpaired) electrons. The van der Waals surface area contributed by atoms with Gasteiger partial charge in [-0.3, -0.25) is 9.78 Å². The van der Waals surface area contributed by atoms with Crippen LogP contribution in [0.25, 0.3) is 0 Å². The third-order valence-electron chi connectivity index (χ3n) is 3.55. The molecule has 0 aromatic carbocycles. The van der Waals surface area contributed by atoms with Crippen LogP contribution in [0.4, 0.5) is 0 Å². The Labute approximate surface area is 107 Å². The van der Waals surface area contributed by atoms with E-state index in [1.807, 2.05) is 14.1 Å². The lowest BCUT2D eigenvalue weighted by Gasteiger charge is -2.22. The van der Waals surface area contributed by atoms with E-state index in [0.29, 0.717) is 24.1 Å². The lowest BCUT2D eigenvalue weighted by Crippen LogP contribution is -2.35. The second-order valence-corrected chi connectivity index (χ2v) is 5.11. The molecule has 1 aromatic rings. The molecule has 2 unspecified atom stereocenters. The Morgan fingerprint density at radius 3 is 2.78 bits per heavy atom. The zero-order valence-electron chi connectivity index (χ0n) is 11.0. The van der Waals surface area contributed by atoms with Crippen LogP contribution in [-0.2, 0) is 0 Å². The standard InChI is InChI=1S/C13H19N3O2/c1-9-7-16(8-11(9)15(2)3)13(18)10-4-5-14-6-12(10)17/h4-6,9,11,17H,7-8H2,1-3H3. The predicted molar refractivity (Wildman–Crippen MR) is 68.4 cm³/mol. The number of pyridine rings is 1. The Balaban J connectivity index is 2.15. The van der Waals surface area contributed by atoms with Crippen molar-refractivity contribution in [2.45, 2.75) is 13.0 Å². The quantitative estimate of drug-likeness (QED) is 0.842. The molecule has 1 saturated heterocycles. The molecule has 0 saturated carbocycles. The van der Waals surface area contributed by atoms with Crippen LogP contribution in [0.3, 0.4) is 0 Å². The van der Waals surface area contributed by atoms with E-state index in [1.165, 1.54) is 12.4 Å². The Hall–Kier alpha value is -1.62. The number of nitrogens with zero attached hydrogens (tertiary/aromatic N) is 3. The molecule has 0 spiro atoms. The van der Waals surface area contributed by atoms with E-state index in [-0.39, 0.29) is 11.7 Å². The average molecular weight is 249 g/mol. The van der Waals surface area contributed by atoms with Gasteiger partial charge < -0.3 is 14.9 Å². The fraction of sp³-hybridized carbons (Fsp3) is 0.538. The number of rotatable bonds is 2. The van der Waals surface area contributed by atoms with Crippen molar-refractivity contribution in [2.75, 3.05) is 27.2 Å². The van der Waals surface area contributed by atoms with Gasteiger partial charge in [0.25, 0.3) is 5.91 Å². The third kappa shape index (κ3) is 2.31. The highest BCUT2D eigenvalue weighted by Gasteiger charge is 2.34. The highest BCUT2D eigenvalue weighted by atomic mass is 16.3. The van der Waals surface area contributed by atoms with Gasteiger partial charge in [0, 0.05) is 25.3 Å². The van der Waals surface area contributed by atoms with Crippen molar-refractivity contribution in [2.24, 2.45) is 5.92 Å². The van der Waals surface area contributed by atoms with Crippen LogP contribution in [0.1, 0.15) is 17.3 Å². The largest absolute Gasteiger partial charge is 0.505 e. The van der Waals surface area contributed by atoms with E-state index in [0.717, 1.165) is 6.54 Å². The Kier molecular flexibility index (Phi) is 3.52. The number of aromatic nitrogens is 1. The molecule has 2 atom stereocenters. The fourth-order valence-electron chi connectivity index (χ4n) is 2.52. The molecule has 5 nitrogen and oxygen atoms in total. The molecule has 1 amide bonds. The summed E-state index contributed by atoms with van der Waals surface area (Å²) in [6, 6.07) is 1.93. The summed E-state index contributed by atoms with van der Waals surface area (Å²) in [6.07, 6.45) is 2.83. The second kappa shape index (κ2) is 4.94. The summed E-state index contributed by atoms with van der Waals surface area (Å²) >= 11 is 0. The molecule has 1 aliphatic rings. The predicted octanol–water partition coefficient (Wildman–Crippen LogP) is 0.809. The zero-order valence-corrected chi connectivity index (χ0v) is 11.0. The third-order valence-corrected chi connectivity index (χ3v) is 3.55. The summed E-state index contributed by atoms with van der Waals surface area (Å²) in [5, 5.41) is 9.66. The summed E-state index contributed by atoms with van der Waals surface area (Å²) in [5.74, 6) is 0.266. The van der Waals surface area contributed by atoms with E-state index in [4.69, 9.17) is 0 Å². The van der Waals surface area contributed by atoms with Gasteiger partial charge in [0.15, 0.2) is 0 Å². The number of carbonyl (C=O) groups excluding carboxylic acids is 1. The van der Waals surface area contributed by atoms with Crippen LogP contribution < -0.4 is 0 Å². The van der Waals surface area contributed by atoms with Crippen molar-refractivity contribution in [3.8, 4) is 5.75 Å².